The van der Waals surface area contributed by atoms with E-state index < -0.39 is 0 Å². The molecule has 120 valence electrons. The van der Waals surface area contributed by atoms with Crippen molar-refractivity contribution >= 4 is 23.1 Å². The molecule has 0 aliphatic heterocycles. The van der Waals surface area contributed by atoms with E-state index in [0.29, 0.717) is 16.9 Å². The third-order valence-electron chi connectivity index (χ3n) is 3.31. The van der Waals surface area contributed by atoms with Crippen LogP contribution in [0, 0.1) is 0 Å². The summed E-state index contributed by atoms with van der Waals surface area (Å²) in [4.78, 5) is 5.56. The molecule has 0 bridgehead atoms. The van der Waals surface area contributed by atoms with Crippen molar-refractivity contribution in [3.05, 3.63) is 53.7 Å². The van der Waals surface area contributed by atoms with Gasteiger partial charge >= 0.3 is 0 Å². The lowest BCUT2D eigenvalue weighted by Crippen LogP contribution is -1.89. The molecular formula is C16H13N5OS2. The lowest BCUT2D eigenvalue weighted by Gasteiger charge is -2.01. The van der Waals surface area contributed by atoms with Crippen LogP contribution in [-0.2, 0) is 0 Å². The first kappa shape index (κ1) is 15.1. The highest BCUT2D eigenvalue weighted by molar-refractivity contribution is 7.99. The second-order valence-electron chi connectivity index (χ2n) is 5.02. The van der Waals surface area contributed by atoms with Crippen LogP contribution in [0.15, 0.2) is 57.4 Å². The smallest absolute Gasteiger partial charge is 0.247 e. The Morgan fingerprint density at radius 3 is 2.79 bits per heavy atom. The molecule has 3 aromatic heterocycles. The van der Waals surface area contributed by atoms with Gasteiger partial charge in [-0.2, -0.15) is 0 Å². The average molecular weight is 355 g/mol. The molecule has 1 aromatic carbocycles. The largest absolute Gasteiger partial charge is 0.419 e. The van der Waals surface area contributed by atoms with E-state index in [9.17, 15) is 0 Å². The highest BCUT2D eigenvalue weighted by Gasteiger charge is 2.18. The van der Waals surface area contributed by atoms with Crippen molar-refractivity contribution in [2.24, 2.45) is 0 Å². The van der Waals surface area contributed by atoms with E-state index in [2.05, 4.69) is 25.4 Å². The number of hydrogen-bond donors (Lipinski definition) is 1. The molecule has 4 aromatic rings. The number of aromatic amines is 1. The van der Waals surface area contributed by atoms with Crippen molar-refractivity contribution < 1.29 is 4.42 Å². The van der Waals surface area contributed by atoms with Gasteiger partial charge < -0.3 is 4.42 Å². The summed E-state index contributed by atoms with van der Waals surface area (Å²) in [5.41, 5.74) is 0.909. The lowest BCUT2D eigenvalue weighted by molar-refractivity contribution is 0.509. The topological polar surface area (TPSA) is 80.5 Å². The van der Waals surface area contributed by atoms with E-state index in [4.69, 9.17) is 4.42 Å². The van der Waals surface area contributed by atoms with E-state index >= 15 is 0 Å². The zero-order valence-corrected chi connectivity index (χ0v) is 14.3. The third kappa shape index (κ3) is 3.10. The number of thioether (sulfide) groups is 1. The zero-order valence-electron chi connectivity index (χ0n) is 12.7. The van der Waals surface area contributed by atoms with Gasteiger partial charge in [0.2, 0.25) is 16.9 Å². The first-order valence-electron chi connectivity index (χ1n) is 7.31. The van der Waals surface area contributed by atoms with Crippen molar-refractivity contribution in [2.45, 2.75) is 17.3 Å². The molecule has 0 radical (unpaired) electrons. The van der Waals surface area contributed by atoms with Crippen LogP contribution in [0.1, 0.15) is 18.1 Å². The zero-order chi connectivity index (χ0) is 16.4. The SMILES string of the molecule is C[C@@H](Sc1n[nH]c(-c2cccs2)n1)c1nnc(-c2ccccc2)o1. The highest BCUT2D eigenvalue weighted by atomic mass is 32.2. The highest BCUT2D eigenvalue weighted by Crippen LogP contribution is 2.34. The van der Waals surface area contributed by atoms with E-state index in [-0.39, 0.29) is 5.25 Å². The number of benzene rings is 1. The van der Waals surface area contributed by atoms with Gasteiger partial charge in [0.15, 0.2) is 5.82 Å². The predicted molar refractivity (Wildman–Crippen MR) is 93.7 cm³/mol. The Morgan fingerprint density at radius 2 is 2.00 bits per heavy atom. The van der Waals surface area contributed by atoms with E-state index in [0.717, 1.165) is 16.3 Å². The van der Waals surface area contributed by atoms with Gasteiger partial charge in [0.1, 0.15) is 0 Å². The summed E-state index contributed by atoms with van der Waals surface area (Å²) in [6, 6.07) is 13.7. The fraction of sp³-hybridized carbons (Fsp3) is 0.125. The summed E-state index contributed by atoms with van der Waals surface area (Å²) in [6.07, 6.45) is 0. The van der Waals surface area contributed by atoms with Crippen LogP contribution in [0.5, 0.6) is 0 Å². The summed E-state index contributed by atoms with van der Waals surface area (Å²) in [7, 11) is 0. The third-order valence-corrected chi connectivity index (χ3v) is 5.14. The maximum absolute atomic E-state index is 5.78. The number of thiophene rings is 1. The molecule has 8 heteroatoms. The first-order chi connectivity index (χ1) is 11.8. The standard InChI is InChI=1S/C16H13N5OS2/c1-10(14-19-20-15(22-14)11-6-3-2-4-7-11)24-16-17-13(18-21-16)12-8-5-9-23-12/h2-10H,1H3,(H,17,18,21)/t10-/m1/s1. The van der Waals surface area contributed by atoms with Crippen molar-refractivity contribution in [3.8, 4) is 22.2 Å². The number of rotatable bonds is 5. The Labute approximate surface area is 146 Å². The molecule has 6 nitrogen and oxygen atoms in total. The van der Waals surface area contributed by atoms with Crippen LogP contribution in [-0.4, -0.2) is 25.4 Å². The maximum Gasteiger partial charge on any atom is 0.247 e. The fourth-order valence-electron chi connectivity index (χ4n) is 2.13. The molecule has 0 aliphatic rings. The summed E-state index contributed by atoms with van der Waals surface area (Å²) in [5.74, 6) is 1.85. The molecule has 24 heavy (non-hydrogen) atoms. The second kappa shape index (κ2) is 6.58. The molecule has 0 aliphatic carbocycles. The molecule has 0 amide bonds. The molecule has 0 unspecified atom stereocenters. The minimum Gasteiger partial charge on any atom is -0.419 e. The molecule has 3 heterocycles. The van der Waals surface area contributed by atoms with Crippen LogP contribution in [0.25, 0.3) is 22.2 Å². The molecule has 0 fully saturated rings. The average Bonchev–Trinajstić information content (AvgIpc) is 3.36. The van der Waals surface area contributed by atoms with E-state index in [1.54, 1.807) is 11.3 Å². The molecular weight excluding hydrogens is 342 g/mol. The quantitative estimate of drug-likeness (QED) is 0.533. The van der Waals surface area contributed by atoms with Crippen molar-refractivity contribution in [2.75, 3.05) is 0 Å². The normalized spacial score (nSPS) is 12.4. The minimum atomic E-state index is -0.0399. The molecule has 0 spiro atoms. The Morgan fingerprint density at radius 1 is 1.12 bits per heavy atom. The van der Waals surface area contributed by atoms with Crippen molar-refractivity contribution in [3.63, 3.8) is 0 Å². The Bertz CT molecular complexity index is 917. The predicted octanol–water partition coefficient (Wildman–Crippen LogP) is 4.44. The van der Waals surface area contributed by atoms with Gasteiger partial charge in [0, 0.05) is 5.56 Å². The van der Waals surface area contributed by atoms with Crippen molar-refractivity contribution in [1.82, 2.24) is 25.4 Å². The maximum atomic E-state index is 5.78. The first-order valence-corrected chi connectivity index (χ1v) is 9.07. The van der Waals surface area contributed by atoms with Gasteiger partial charge in [0.05, 0.1) is 10.1 Å². The molecule has 4 rings (SSSR count). The van der Waals surface area contributed by atoms with E-state index in [1.807, 2.05) is 54.8 Å². The lowest BCUT2D eigenvalue weighted by atomic mass is 10.2. The van der Waals surface area contributed by atoms with Gasteiger partial charge in [0.25, 0.3) is 0 Å². The number of H-pyrrole nitrogens is 1. The Balaban J connectivity index is 1.49. The van der Waals surface area contributed by atoms with Gasteiger partial charge in [-0.3, -0.25) is 5.10 Å². The van der Waals surface area contributed by atoms with Crippen LogP contribution in [0.3, 0.4) is 0 Å². The number of nitrogens with one attached hydrogen (secondary N) is 1. The molecule has 0 saturated carbocycles. The van der Waals surface area contributed by atoms with Crippen LogP contribution < -0.4 is 0 Å². The van der Waals surface area contributed by atoms with Crippen LogP contribution in [0.4, 0.5) is 0 Å². The summed E-state index contributed by atoms with van der Waals surface area (Å²) in [6.45, 7) is 1.99. The monoisotopic (exact) mass is 355 g/mol. The van der Waals surface area contributed by atoms with Gasteiger partial charge in [-0.1, -0.05) is 36.0 Å². The number of nitrogens with zero attached hydrogens (tertiary/aromatic N) is 4. The second-order valence-corrected chi connectivity index (χ2v) is 7.27. The molecule has 1 atom stereocenters. The van der Waals surface area contributed by atoms with Gasteiger partial charge in [-0.05, 0) is 30.5 Å². The van der Waals surface area contributed by atoms with Crippen molar-refractivity contribution in [1.29, 1.82) is 0 Å². The summed E-state index contributed by atoms with van der Waals surface area (Å²) in [5, 5.41) is 18.1. The Hall–Kier alpha value is -2.45. The van der Waals surface area contributed by atoms with E-state index in [1.165, 1.54) is 11.8 Å². The number of aromatic nitrogens is 5. The molecule has 1 N–H and O–H groups in total. The van der Waals surface area contributed by atoms with Gasteiger partial charge in [-0.25, -0.2) is 4.98 Å². The summed E-state index contributed by atoms with van der Waals surface area (Å²) < 4.78 is 5.78. The fourth-order valence-corrected chi connectivity index (χ4v) is 3.55. The van der Waals surface area contributed by atoms with Gasteiger partial charge in [-0.15, -0.1) is 26.6 Å². The number of hydrogen-bond acceptors (Lipinski definition) is 7. The van der Waals surface area contributed by atoms with Crippen LogP contribution in [0.2, 0.25) is 0 Å². The minimum absolute atomic E-state index is 0.0399. The summed E-state index contributed by atoms with van der Waals surface area (Å²) >= 11 is 3.10. The molecule has 0 saturated heterocycles. The van der Waals surface area contributed by atoms with Crippen LogP contribution >= 0.6 is 23.1 Å². The Kier molecular flexibility index (Phi) is 4.14.